The molecule has 1 aliphatic rings. The van der Waals surface area contributed by atoms with E-state index in [4.69, 9.17) is 0 Å². The zero-order valence-corrected chi connectivity index (χ0v) is 15.6. The number of nitrogens with one attached hydrogen (secondary N) is 1. The largest absolute Gasteiger partial charge is 0.320 e. The van der Waals surface area contributed by atoms with Crippen molar-refractivity contribution in [3.8, 4) is 5.69 Å². The summed E-state index contributed by atoms with van der Waals surface area (Å²) in [6.07, 6.45) is 4.66. The first-order valence-corrected chi connectivity index (χ1v) is 9.54. The highest BCUT2D eigenvalue weighted by Crippen LogP contribution is 2.29. The lowest BCUT2D eigenvalue weighted by Gasteiger charge is -2.09. The second kappa shape index (κ2) is 6.60. The van der Waals surface area contributed by atoms with Crippen LogP contribution in [0.2, 0.25) is 0 Å². The summed E-state index contributed by atoms with van der Waals surface area (Å²) in [5.41, 5.74) is 6.48. The molecule has 4 aromatic rings. The van der Waals surface area contributed by atoms with Gasteiger partial charge in [-0.05, 0) is 62.1 Å². The van der Waals surface area contributed by atoms with Crippen LogP contribution in [0.5, 0.6) is 0 Å². The quantitative estimate of drug-likeness (QED) is 0.580. The van der Waals surface area contributed by atoms with Crippen molar-refractivity contribution < 1.29 is 4.79 Å². The maximum absolute atomic E-state index is 13.1. The van der Waals surface area contributed by atoms with Gasteiger partial charge in [0.2, 0.25) is 0 Å². The Morgan fingerprint density at radius 2 is 1.89 bits per heavy atom. The number of hydrogen-bond acceptors (Lipinski definition) is 3. The lowest BCUT2D eigenvalue weighted by molar-refractivity contribution is 0.102. The molecule has 1 N–H and O–H groups in total. The SMILES string of the molecule is Cc1ccc(NC(=O)c2nn(-c3ccccc3)c3c2CCC3)c2cccnc12. The first kappa shape index (κ1) is 16.7. The highest BCUT2D eigenvalue weighted by atomic mass is 16.2. The van der Waals surface area contributed by atoms with Gasteiger partial charge in [-0.3, -0.25) is 9.78 Å². The molecular weight excluding hydrogens is 348 g/mol. The minimum atomic E-state index is -0.165. The van der Waals surface area contributed by atoms with Gasteiger partial charge in [-0.25, -0.2) is 4.68 Å². The summed E-state index contributed by atoms with van der Waals surface area (Å²) in [5.74, 6) is -0.165. The Morgan fingerprint density at radius 1 is 1.04 bits per heavy atom. The molecule has 0 aliphatic heterocycles. The van der Waals surface area contributed by atoms with E-state index in [0.29, 0.717) is 5.69 Å². The molecule has 2 aromatic carbocycles. The first-order chi connectivity index (χ1) is 13.7. The molecule has 5 rings (SSSR count). The molecule has 28 heavy (non-hydrogen) atoms. The number of carbonyl (C=O) groups excluding carboxylic acids is 1. The second-order valence-electron chi connectivity index (χ2n) is 7.16. The average Bonchev–Trinajstić information content (AvgIpc) is 3.34. The van der Waals surface area contributed by atoms with E-state index in [2.05, 4.69) is 15.4 Å². The molecule has 0 fully saturated rings. The Bertz CT molecular complexity index is 1190. The summed E-state index contributed by atoms with van der Waals surface area (Å²) >= 11 is 0. The van der Waals surface area contributed by atoms with E-state index >= 15 is 0 Å². The van der Waals surface area contributed by atoms with Crippen molar-refractivity contribution >= 4 is 22.5 Å². The number of amides is 1. The van der Waals surface area contributed by atoms with Gasteiger partial charge in [0, 0.05) is 22.8 Å². The topological polar surface area (TPSA) is 59.8 Å². The van der Waals surface area contributed by atoms with Crippen LogP contribution in [-0.2, 0) is 12.8 Å². The van der Waals surface area contributed by atoms with Crippen molar-refractivity contribution in [2.75, 3.05) is 5.32 Å². The molecule has 138 valence electrons. The molecular formula is C23H20N4O. The molecule has 0 saturated heterocycles. The van der Waals surface area contributed by atoms with Crippen LogP contribution in [-0.4, -0.2) is 20.7 Å². The number of aromatic nitrogens is 3. The Morgan fingerprint density at radius 3 is 2.75 bits per heavy atom. The van der Waals surface area contributed by atoms with Gasteiger partial charge in [0.25, 0.3) is 5.91 Å². The van der Waals surface area contributed by atoms with Crippen molar-refractivity contribution in [1.29, 1.82) is 0 Å². The van der Waals surface area contributed by atoms with E-state index in [1.807, 2.05) is 66.2 Å². The first-order valence-electron chi connectivity index (χ1n) is 9.54. The zero-order valence-electron chi connectivity index (χ0n) is 15.6. The third-order valence-corrected chi connectivity index (χ3v) is 5.37. The Kier molecular flexibility index (Phi) is 3.93. The lowest BCUT2D eigenvalue weighted by Crippen LogP contribution is -2.15. The molecule has 0 bridgehead atoms. The predicted molar refractivity (Wildman–Crippen MR) is 110 cm³/mol. The highest BCUT2D eigenvalue weighted by Gasteiger charge is 2.27. The maximum atomic E-state index is 13.1. The summed E-state index contributed by atoms with van der Waals surface area (Å²) in [6.45, 7) is 2.02. The van der Waals surface area contributed by atoms with Gasteiger partial charge in [0.1, 0.15) is 0 Å². The number of fused-ring (bicyclic) bond motifs is 2. The third-order valence-electron chi connectivity index (χ3n) is 5.37. The zero-order chi connectivity index (χ0) is 19.1. The molecule has 5 heteroatoms. The van der Waals surface area contributed by atoms with Gasteiger partial charge in [0.15, 0.2) is 5.69 Å². The minimum absolute atomic E-state index is 0.165. The second-order valence-corrected chi connectivity index (χ2v) is 7.16. The molecule has 0 unspecified atom stereocenters. The lowest BCUT2D eigenvalue weighted by atomic mass is 10.1. The van der Waals surface area contributed by atoms with Crippen LogP contribution >= 0.6 is 0 Å². The van der Waals surface area contributed by atoms with Crippen molar-refractivity contribution in [3.05, 3.63) is 83.3 Å². The van der Waals surface area contributed by atoms with Crippen LogP contribution in [0, 0.1) is 6.92 Å². The van der Waals surface area contributed by atoms with E-state index < -0.39 is 0 Å². The van der Waals surface area contributed by atoms with Crippen molar-refractivity contribution in [2.45, 2.75) is 26.2 Å². The maximum Gasteiger partial charge on any atom is 0.276 e. The normalized spacial score (nSPS) is 12.9. The number of carbonyl (C=O) groups is 1. The molecule has 0 saturated carbocycles. The number of aryl methyl sites for hydroxylation is 1. The summed E-state index contributed by atoms with van der Waals surface area (Å²) < 4.78 is 1.92. The molecule has 1 amide bonds. The van der Waals surface area contributed by atoms with E-state index in [0.717, 1.165) is 58.4 Å². The number of anilines is 1. The molecule has 0 spiro atoms. The predicted octanol–water partition coefficient (Wildman–Crippen LogP) is 4.47. The van der Waals surface area contributed by atoms with E-state index in [9.17, 15) is 4.79 Å². The van der Waals surface area contributed by atoms with Crippen LogP contribution in [0.4, 0.5) is 5.69 Å². The number of nitrogens with zero attached hydrogens (tertiary/aromatic N) is 3. The summed E-state index contributed by atoms with van der Waals surface area (Å²) in [5, 5.41) is 8.69. The third kappa shape index (κ3) is 2.67. The van der Waals surface area contributed by atoms with Gasteiger partial charge in [0.05, 0.1) is 16.9 Å². The number of rotatable bonds is 3. The van der Waals surface area contributed by atoms with E-state index in [1.165, 1.54) is 0 Å². The fraction of sp³-hybridized carbons (Fsp3) is 0.174. The summed E-state index contributed by atoms with van der Waals surface area (Å²) in [4.78, 5) is 17.6. The van der Waals surface area contributed by atoms with Gasteiger partial charge in [-0.15, -0.1) is 0 Å². The van der Waals surface area contributed by atoms with E-state index in [-0.39, 0.29) is 5.91 Å². The van der Waals surface area contributed by atoms with Crippen LogP contribution in [0.15, 0.2) is 60.8 Å². The van der Waals surface area contributed by atoms with E-state index in [1.54, 1.807) is 6.20 Å². The van der Waals surface area contributed by atoms with Crippen molar-refractivity contribution in [3.63, 3.8) is 0 Å². The number of para-hydroxylation sites is 1. The highest BCUT2D eigenvalue weighted by molar-refractivity contribution is 6.09. The van der Waals surface area contributed by atoms with Gasteiger partial charge in [-0.2, -0.15) is 5.10 Å². The minimum Gasteiger partial charge on any atom is -0.320 e. The van der Waals surface area contributed by atoms with Crippen molar-refractivity contribution in [1.82, 2.24) is 14.8 Å². The monoisotopic (exact) mass is 368 g/mol. The fourth-order valence-electron chi connectivity index (χ4n) is 4.01. The number of pyridine rings is 1. The summed E-state index contributed by atoms with van der Waals surface area (Å²) in [7, 11) is 0. The molecule has 5 nitrogen and oxygen atoms in total. The molecule has 0 radical (unpaired) electrons. The molecule has 1 aliphatic carbocycles. The number of benzene rings is 2. The van der Waals surface area contributed by atoms with Gasteiger partial charge in [-0.1, -0.05) is 24.3 Å². The van der Waals surface area contributed by atoms with Crippen molar-refractivity contribution in [2.24, 2.45) is 0 Å². The average molecular weight is 368 g/mol. The fourth-order valence-corrected chi connectivity index (χ4v) is 4.01. The number of hydrogen-bond donors (Lipinski definition) is 1. The van der Waals surface area contributed by atoms with Crippen LogP contribution in [0.1, 0.15) is 33.7 Å². The standard InChI is InChI=1S/C23H20N4O/c1-15-12-13-19(17-10-6-14-24-21(15)17)25-23(28)22-18-9-5-11-20(18)27(26-22)16-7-3-2-4-8-16/h2-4,6-8,10,12-14H,5,9,11H2,1H3,(H,25,28). The summed E-state index contributed by atoms with van der Waals surface area (Å²) in [6, 6.07) is 17.8. The molecule has 2 aromatic heterocycles. The van der Waals surface area contributed by atoms with Gasteiger partial charge >= 0.3 is 0 Å². The Labute approximate surface area is 163 Å². The Hall–Kier alpha value is -3.47. The van der Waals surface area contributed by atoms with Crippen LogP contribution in [0.3, 0.4) is 0 Å². The molecule has 0 atom stereocenters. The molecule has 2 heterocycles. The van der Waals surface area contributed by atoms with Crippen LogP contribution < -0.4 is 5.32 Å². The smallest absolute Gasteiger partial charge is 0.276 e. The Balaban J connectivity index is 1.55. The van der Waals surface area contributed by atoms with Gasteiger partial charge < -0.3 is 5.32 Å². The van der Waals surface area contributed by atoms with Crippen LogP contribution in [0.25, 0.3) is 16.6 Å².